The lowest BCUT2D eigenvalue weighted by atomic mass is 10.0. The minimum Gasteiger partial charge on any atom is -0.378 e. The van der Waals surface area contributed by atoms with Crippen LogP contribution in [0.5, 0.6) is 0 Å². The molecule has 0 amide bonds. The second kappa shape index (κ2) is 7.86. The molecule has 0 aromatic carbocycles. The summed E-state index contributed by atoms with van der Waals surface area (Å²) >= 11 is 0. The number of nitrogens with two attached hydrogens (primary N) is 1. The number of guanidine groups is 1. The predicted molar refractivity (Wildman–Crippen MR) is 75.3 cm³/mol. The van der Waals surface area contributed by atoms with E-state index in [1.54, 1.807) is 13.2 Å². The monoisotopic (exact) mass is 341 g/mol. The zero-order valence-electron chi connectivity index (χ0n) is 9.57. The van der Waals surface area contributed by atoms with Crippen molar-refractivity contribution in [3.8, 4) is 0 Å². The van der Waals surface area contributed by atoms with Crippen molar-refractivity contribution in [3.05, 3.63) is 12.7 Å². The number of ether oxygens (including phenoxy) is 2. The summed E-state index contributed by atoms with van der Waals surface area (Å²) < 4.78 is 10.7. The van der Waals surface area contributed by atoms with Gasteiger partial charge in [-0.1, -0.05) is 6.08 Å². The number of rotatable bonds is 5. The molecular weight excluding hydrogens is 321 g/mol. The van der Waals surface area contributed by atoms with Crippen LogP contribution in [0, 0.1) is 0 Å². The molecule has 1 unspecified atom stereocenters. The minimum absolute atomic E-state index is 0. The molecule has 0 aromatic rings. The van der Waals surface area contributed by atoms with E-state index in [0.717, 1.165) is 13.0 Å². The molecule has 0 aliphatic carbocycles. The van der Waals surface area contributed by atoms with Crippen molar-refractivity contribution in [2.45, 2.75) is 12.0 Å². The number of nitrogens with one attached hydrogen (secondary N) is 1. The SMILES string of the molecule is C=CCNC(N)=NCC1(OC)CCOC1.I. The molecule has 1 aliphatic heterocycles. The third-order valence-electron chi connectivity index (χ3n) is 2.47. The molecule has 1 atom stereocenters. The molecule has 1 saturated heterocycles. The van der Waals surface area contributed by atoms with E-state index in [-0.39, 0.29) is 29.6 Å². The van der Waals surface area contributed by atoms with Gasteiger partial charge in [-0.3, -0.25) is 4.99 Å². The lowest BCUT2D eigenvalue weighted by Gasteiger charge is -2.23. The smallest absolute Gasteiger partial charge is 0.188 e. The molecule has 16 heavy (non-hydrogen) atoms. The van der Waals surface area contributed by atoms with E-state index in [1.165, 1.54) is 0 Å². The molecule has 1 heterocycles. The van der Waals surface area contributed by atoms with Crippen molar-refractivity contribution in [2.24, 2.45) is 10.7 Å². The number of halogens is 1. The second-order valence-electron chi connectivity index (χ2n) is 3.56. The third kappa shape index (κ3) is 4.67. The third-order valence-corrected chi connectivity index (χ3v) is 2.47. The Morgan fingerprint density at radius 1 is 1.75 bits per heavy atom. The zero-order valence-corrected chi connectivity index (χ0v) is 11.9. The molecule has 6 heteroatoms. The summed E-state index contributed by atoms with van der Waals surface area (Å²) in [4.78, 5) is 4.22. The van der Waals surface area contributed by atoms with Crippen LogP contribution < -0.4 is 11.1 Å². The average Bonchev–Trinajstić information content (AvgIpc) is 2.73. The largest absolute Gasteiger partial charge is 0.378 e. The van der Waals surface area contributed by atoms with Crippen LogP contribution in [0.15, 0.2) is 17.6 Å². The first-order chi connectivity index (χ1) is 7.22. The topological polar surface area (TPSA) is 68.9 Å². The number of aliphatic imine (C=N–C) groups is 1. The standard InChI is InChI=1S/C10H19N3O2.HI/c1-3-5-12-9(11)13-7-10(14-2)4-6-15-8-10;/h3H,1,4-8H2,2H3,(H3,11,12,13);1H. The van der Waals surface area contributed by atoms with E-state index < -0.39 is 0 Å². The van der Waals surface area contributed by atoms with Crippen molar-refractivity contribution < 1.29 is 9.47 Å². The lowest BCUT2D eigenvalue weighted by molar-refractivity contribution is -0.00905. The average molecular weight is 341 g/mol. The Morgan fingerprint density at radius 2 is 2.50 bits per heavy atom. The molecule has 0 bridgehead atoms. The van der Waals surface area contributed by atoms with Gasteiger partial charge in [0.25, 0.3) is 0 Å². The van der Waals surface area contributed by atoms with Crippen LogP contribution in [0.25, 0.3) is 0 Å². The van der Waals surface area contributed by atoms with Gasteiger partial charge in [-0.2, -0.15) is 0 Å². The van der Waals surface area contributed by atoms with E-state index in [0.29, 0.717) is 25.7 Å². The first-order valence-electron chi connectivity index (χ1n) is 5.00. The number of hydrogen-bond donors (Lipinski definition) is 2. The van der Waals surface area contributed by atoms with Gasteiger partial charge >= 0.3 is 0 Å². The van der Waals surface area contributed by atoms with Gasteiger partial charge in [0, 0.05) is 26.7 Å². The number of nitrogens with zero attached hydrogens (tertiary/aromatic N) is 1. The van der Waals surface area contributed by atoms with Crippen molar-refractivity contribution in [2.75, 3.05) is 33.4 Å². The number of methoxy groups -OCH3 is 1. The molecule has 94 valence electrons. The molecule has 1 aliphatic rings. The van der Waals surface area contributed by atoms with Crippen LogP contribution in [0.4, 0.5) is 0 Å². The molecule has 3 N–H and O–H groups in total. The Morgan fingerprint density at radius 3 is 3.00 bits per heavy atom. The molecule has 1 fully saturated rings. The van der Waals surface area contributed by atoms with Crippen molar-refractivity contribution >= 4 is 29.9 Å². The van der Waals surface area contributed by atoms with E-state index in [1.807, 2.05) is 0 Å². The van der Waals surface area contributed by atoms with Gasteiger partial charge in [-0.15, -0.1) is 30.6 Å². The zero-order chi connectivity index (χ0) is 11.1. The highest BCUT2D eigenvalue weighted by atomic mass is 127. The van der Waals surface area contributed by atoms with Crippen molar-refractivity contribution in [1.29, 1.82) is 0 Å². The molecule has 0 saturated carbocycles. The highest BCUT2D eigenvalue weighted by molar-refractivity contribution is 14.0. The summed E-state index contributed by atoms with van der Waals surface area (Å²) in [6.07, 6.45) is 2.59. The summed E-state index contributed by atoms with van der Waals surface area (Å²) in [6.45, 7) is 6.04. The van der Waals surface area contributed by atoms with E-state index in [2.05, 4.69) is 16.9 Å². The van der Waals surface area contributed by atoms with Gasteiger partial charge in [-0.05, 0) is 0 Å². The molecule has 1 rings (SSSR count). The van der Waals surface area contributed by atoms with E-state index in [9.17, 15) is 0 Å². The van der Waals surface area contributed by atoms with Gasteiger partial charge in [0.05, 0.1) is 13.2 Å². The summed E-state index contributed by atoms with van der Waals surface area (Å²) in [7, 11) is 1.68. The van der Waals surface area contributed by atoms with Crippen LogP contribution in [0.2, 0.25) is 0 Å². The Bertz CT molecular complexity index is 240. The Labute approximate surface area is 113 Å². The van der Waals surface area contributed by atoms with Crippen LogP contribution in [0.3, 0.4) is 0 Å². The fourth-order valence-electron chi connectivity index (χ4n) is 1.40. The van der Waals surface area contributed by atoms with E-state index in [4.69, 9.17) is 15.2 Å². The first kappa shape index (κ1) is 15.7. The van der Waals surface area contributed by atoms with Crippen LogP contribution in [0.1, 0.15) is 6.42 Å². The minimum atomic E-state index is -0.291. The van der Waals surface area contributed by atoms with Gasteiger partial charge in [0.1, 0.15) is 5.60 Å². The van der Waals surface area contributed by atoms with Gasteiger partial charge in [0.2, 0.25) is 0 Å². The van der Waals surface area contributed by atoms with Crippen LogP contribution in [-0.4, -0.2) is 45.0 Å². The van der Waals surface area contributed by atoms with Crippen LogP contribution in [-0.2, 0) is 9.47 Å². The molecular formula is C10H20IN3O2. The summed E-state index contributed by atoms with van der Waals surface area (Å²) in [5.74, 6) is 0.415. The van der Waals surface area contributed by atoms with Crippen molar-refractivity contribution in [1.82, 2.24) is 5.32 Å². The van der Waals surface area contributed by atoms with Crippen LogP contribution >= 0.6 is 24.0 Å². The highest BCUT2D eigenvalue weighted by Gasteiger charge is 2.34. The Kier molecular flexibility index (Phi) is 7.69. The summed E-state index contributed by atoms with van der Waals surface area (Å²) in [5, 5.41) is 2.91. The predicted octanol–water partition coefficient (Wildman–Crippen LogP) is 0.500. The summed E-state index contributed by atoms with van der Waals surface area (Å²) in [6, 6.07) is 0. The highest BCUT2D eigenvalue weighted by Crippen LogP contribution is 2.22. The van der Waals surface area contributed by atoms with Gasteiger partial charge in [-0.25, -0.2) is 0 Å². The van der Waals surface area contributed by atoms with Crippen molar-refractivity contribution in [3.63, 3.8) is 0 Å². The molecule has 0 radical (unpaired) electrons. The Hall–Kier alpha value is -0.340. The maximum absolute atomic E-state index is 5.65. The Balaban J connectivity index is 0.00000225. The quantitative estimate of drug-likeness (QED) is 0.331. The maximum atomic E-state index is 5.65. The number of hydrogen-bond acceptors (Lipinski definition) is 3. The molecule has 0 spiro atoms. The summed E-state index contributed by atoms with van der Waals surface area (Å²) in [5.41, 5.74) is 5.36. The second-order valence-corrected chi connectivity index (χ2v) is 3.56. The molecule has 0 aromatic heterocycles. The normalized spacial score (nSPS) is 24.9. The lowest BCUT2D eigenvalue weighted by Crippen LogP contribution is -2.38. The fraction of sp³-hybridized carbons (Fsp3) is 0.700. The van der Waals surface area contributed by atoms with Gasteiger partial charge < -0.3 is 20.5 Å². The fourth-order valence-corrected chi connectivity index (χ4v) is 1.40. The van der Waals surface area contributed by atoms with E-state index >= 15 is 0 Å². The molecule has 5 nitrogen and oxygen atoms in total. The van der Waals surface area contributed by atoms with Gasteiger partial charge in [0.15, 0.2) is 5.96 Å². The first-order valence-corrected chi connectivity index (χ1v) is 5.00. The maximum Gasteiger partial charge on any atom is 0.188 e.